The molecule has 156 valence electrons. The van der Waals surface area contributed by atoms with Crippen LogP contribution in [0, 0.1) is 0 Å². The lowest BCUT2D eigenvalue weighted by Gasteiger charge is -2.31. The minimum absolute atomic E-state index is 0.0558. The Bertz CT molecular complexity index is 807. The maximum absolute atomic E-state index is 13.2. The molecule has 0 saturated heterocycles. The zero-order chi connectivity index (χ0) is 21.4. The molecule has 0 fully saturated rings. The zero-order valence-electron chi connectivity index (χ0n) is 17.1. The van der Waals surface area contributed by atoms with E-state index in [0.29, 0.717) is 23.0 Å². The molecule has 0 aromatic heterocycles. The third-order valence-corrected chi connectivity index (χ3v) is 5.43. The first-order valence-corrected chi connectivity index (χ1v) is 10.7. The second kappa shape index (κ2) is 11.2. The highest BCUT2D eigenvalue weighted by molar-refractivity contribution is 6.30. The number of benzene rings is 2. The molecule has 0 saturated carbocycles. The Morgan fingerprint density at radius 2 is 1.41 bits per heavy atom. The smallest absolute Gasteiger partial charge is 0.243 e. The molecule has 0 unspecified atom stereocenters. The van der Waals surface area contributed by atoms with Crippen LogP contribution < -0.4 is 5.32 Å². The van der Waals surface area contributed by atoms with Crippen molar-refractivity contribution in [3.63, 3.8) is 0 Å². The van der Waals surface area contributed by atoms with Crippen LogP contribution in [0.3, 0.4) is 0 Å². The van der Waals surface area contributed by atoms with Crippen molar-refractivity contribution in [3.8, 4) is 0 Å². The van der Waals surface area contributed by atoms with Crippen LogP contribution in [-0.4, -0.2) is 28.8 Å². The molecule has 4 nitrogen and oxygen atoms in total. The molecule has 1 N–H and O–H groups in total. The maximum atomic E-state index is 13.2. The number of carbonyl (C=O) groups excluding carboxylic acids is 2. The third-order valence-electron chi connectivity index (χ3n) is 4.92. The van der Waals surface area contributed by atoms with Gasteiger partial charge in [-0.3, -0.25) is 9.59 Å². The Hall–Kier alpha value is -2.04. The summed E-state index contributed by atoms with van der Waals surface area (Å²) in [6.45, 7) is 6.24. The van der Waals surface area contributed by atoms with Gasteiger partial charge in [0.1, 0.15) is 6.04 Å². The first-order chi connectivity index (χ1) is 13.8. The Labute approximate surface area is 183 Å². The fraction of sp³-hybridized carbons (Fsp3) is 0.391. The maximum Gasteiger partial charge on any atom is 0.243 e. The molecule has 0 aliphatic carbocycles. The summed E-state index contributed by atoms with van der Waals surface area (Å²) in [5.74, 6) is -0.228. The Kier molecular flexibility index (Phi) is 8.99. The van der Waals surface area contributed by atoms with Crippen LogP contribution in [-0.2, 0) is 22.6 Å². The van der Waals surface area contributed by atoms with E-state index in [1.807, 2.05) is 45.0 Å². The van der Waals surface area contributed by atoms with E-state index in [0.717, 1.165) is 17.5 Å². The van der Waals surface area contributed by atoms with E-state index in [4.69, 9.17) is 23.2 Å². The first kappa shape index (κ1) is 23.2. The molecular weight excluding hydrogens is 407 g/mol. The van der Waals surface area contributed by atoms with Crippen molar-refractivity contribution in [2.24, 2.45) is 0 Å². The SMILES string of the molecule is CC[C@@H](C)NC(=O)[C@@H](CC)N(Cc1ccc(Cl)cc1)C(=O)Cc1ccc(Cl)cc1. The van der Waals surface area contributed by atoms with Crippen LogP contribution in [0.15, 0.2) is 48.5 Å². The lowest BCUT2D eigenvalue weighted by atomic mass is 10.1. The van der Waals surface area contributed by atoms with Crippen molar-refractivity contribution in [2.75, 3.05) is 0 Å². The van der Waals surface area contributed by atoms with Gasteiger partial charge in [0.15, 0.2) is 0 Å². The van der Waals surface area contributed by atoms with Crippen molar-refractivity contribution in [2.45, 2.75) is 58.7 Å². The molecule has 0 bridgehead atoms. The number of amides is 2. The molecule has 2 atom stereocenters. The van der Waals surface area contributed by atoms with Gasteiger partial charge in [-0.1, -0.05) is 61.3 Å². The van der Waals surface area contributed by atoms with Crippen LogP contribution in [0.5, 0.6) is 0 Å². The van der Waals surface area contributed by atoms with Crippen molar-refractivity contribution < 1.29 is 9.59 Å². The average Bonchev–Trinajstić information content (AvgIpc) is 2.70. The molecule has 2 rings (SSSR count). The summed E-state index contributed by atoms with van der Waals surface area (Å²) >= 11 is 11.9. The van der Waals surface area contributed by atoms with Crippen LogP contribution in [0.1, 0.15) is 44.7 Å². The van der Waals surface area contributed by atoms with E-state index in [9.17, 15) is 9.59 Å². The number of rotatable bonds is 9. The molecular formula is C23H28Cl2N2O2. The summed E-state index contributed by atoms with van der Waals surface area (Å²) in [6, 6.07) is 14.1. The van der Waals surface area contributed by atoms with Crippen molar-refractivity contribution in [3.05, 3.63) is 69.7 Å². The fourth-order valence-electron chi connectivity index (χ4n) is 3.03. The highest BCUT2D eigenvalue weighted by Gasteiger charge is 2.29. The highest BCUT2D eigenvalue weighted by atomic mass is 35.5. The van der Waals surface area contributed by atoms with Gasteiger partial charge in [0.25, 0.3) is 0 Å². The molecule has 2 amide bonds. The normalized spacial score (nSPS) is 12.9. The quantitative estimate of drug-likeness (QED) is 0.584. The van der Waals surface area contributed by atoms with Crippen LogP contribution in [0.2, 0.25) is 10.0 Å². The second-order valence-electron chi connectivity index (χ2n) is 7.19. The van der Waals surface area contributed by atoms with Crippen molar-refractivity contribution >= 4 is 35.0 Å². The zero-order valence-corrected chi connectivity index (χ0v) is 18.6. The summed E-state index contributed by atoms with van der Waals surface area (Å²) in [7, 11) is 0. The van der Waals surface area contributed by atoms with Gasteiger partial charge >= 0.3 is 0 Å². The molecule has 2 aromatic rings. The van der Waals surface area contributed by atoms with E-state index in [-0.39, 0.29) is 24.3 Å². The van der Waals surface area contributed by atoms with Gasteiger partial charge in [0.2, 0.25) is 11.8 Å². The standard InChI is InChI=1S/C23H28Cl2N2O2/c1-4-16(3)26-23(29)21(5-2)27(15-18-8-12-20(25)13-9-18)22(28)14-17-6-10-19(24)11-7-17/h6-13,16,21H,4-5,14-15H2,1-3H3,(H,26,29)/t16-,21-/m1/s1. The Morgan fingerprint density at radius 1 is 0.897 bits per heavy atom. The number of nitrogens with zero attached hydrogens (tertiary/aromatic N) is 1. The summed E-state index contributed by atoms with van der Waals surface area (Å²) in [4.78, 5) is 27.8. The predicted octanol–water partition coefficient (Wildman–Crippen LogP) is 5.26. The van der Waals surface area contributed by atoms with E-state index in [1.54, 1.807) is 29.2 Å². The summed E-state index contributed by atoms with van der Waals surface area (Å²) in [5, 5.41) is 4.27. The predicted molar refractivity (Wildman–Crippen MR) is 119 cm³/mol. The number of nitrogens with one attached hydrogen (secondary N) is 1. The third kappa shape index (κ3) is 7.06. The van der Waals surface area contributed by atoms with Crippen LogP contribution >= 0.6 is 23.2 Å². The molecule has 0 radical (unpaired) electrons. The van der Waals surface area contributed by atoms with Crippen molar-refractivity contribution in [1.82, 2.24) is 10.2 Å². The monoisotopic (exact) mass is 434 g/mol. The largest absolute Gasteiger partial charge is 0.352 e. The number of carbonyl (C=O) groups is 2. The van der Waals surface area contributed by atoms with E-state index in [1.165, 1.54) is 0 Å². The fourth-order valence-corrected chi connectivity index (χ4v) is 3.28. The minimum Gasteiger partial charge on any atom is -0.352 e. The first-order valence-electron chi connectivity index (χ1n) is 9.92. The van der Waals surface area contributed by atoms with E-state index < -0.39 is 6.04 Å². The number of hydrogen-bond donors (Lipinski definition) is 1. The summed E-state index contributed by atoms with van der Waals surface area (Å²) < 4.78 is 0. The van der Waals surface area contributed by atoms with Gasteiger partial charge < -0.3 is 10.2 Å². The number of hydrogen-bond acceptors (Lipinski definition) is 2. The van der Waals surface area contributed by atoms with Gasteiger partial charge in [-0.15, -0.1) is 0 Å². The molecule has 0 aliphatic rings. The van der Waals surface area contributed by atoms with Crippen LogP contribution in [0.4, 0.5) is 0 Å². The van der Waals surface area contributed by atoms with Gasteiger partial charge in [0.05, 0.1) is 6.42 Å². The second-order valence-corrected chi connectivity index (χ2v) is 8.07. The van der Waals surface area contributed by atoms with Gasteiger partial charge in [-0.25, -0.2) is 0 Å². The molecule has 0 aliphatic heterocycles. The van der Waals surface area contributed by atoms with Gasteiger partial charge in [-0.2, -0.15) is 0 Å². The Balaban J connectivity index is 2.26. The van der Waals surface area contributed by atoms with Gasteiger partial charge in [0, 0.05) is 22.6 Å². The topological polar surface area (TPSA) is 49.4 Å². The molecule has 2 aromatic carbocycles. The molecule has 29 heavy (non-hydrogen) atoms. The molecule has 6 heteroatoms. The lowest BCUT2D eigenvalue weighted by Crippen LogP contribution is -2.51. The Morgan fingerprint density at radius 3 is 1.90 bits per heavy atom. The van der Waals surface area contributed by atoms with Crippen molar-refractivity contribution in [1.29, 1.82) is 0 Å². The van der Waals surface area contributed by atoms with E-state index >= 15 is 0 Å². The summed E-state index contributed by atoms with van der Waals surface area (Å²) in [6.07, 6.45) is 1.57. The highest BCUT2D eigenvalue weighted by Crippen LogP contribution is 2.18. The van der Waals surface area contributed by atoms with Gasteiger partial charge in [-0.05, 0) is 55.2 Å². The average molecular weight is 435 g/mol. The van der Waals surface area contributed by atoms with Crippen LogP contribution in [0.25, 0.3) is 0 Å². The molecule has 0 spiro atoms. The number of halogens is 2. The minimum atomic E-state index is -0.542. The molecule has 0 heterocycles. The van der Waals surface area contributed by atoms with E-state index in [2.05, 4.69) is 5.32 Å². The summed E-state index contributed by atoms with van der Waals surface area (Å²) in [5.41, 5.74) is 1.78. The lowest BCUT2D eigenvalue weighted by molar-refractivity contribution is -0.141.